The molecule has 1 N–H and O–H groups in total. The van der Waals surface area contributed by atoms with Gasteiger partial charge in [0.2, 0.25) is 0 Å². The maximum atomic E-state index is 13.4. The van der Waals surface area contributed by atoms with Gasteiger partial charge in [0.1, 0.15) is 11.5 Å². The monoisotopic (exact) mass is 333 g/mol. The summed E-state index contributed by atoms with van der Waals surface area (Å²) in [4.78, 5) is 0. The smallest absolute Gasteiger partial charge is 0.152 e. The Morgan fingerprint density at radius 3 is 2.32 bits per heavy atom. The van der Waals surface area contributed by atoms with Crippen LogP contribution in [0, 0.1) is 24.4 Å². The number of aromatic nitrogens is 2. The third kappa shape index (κ3) is 2.75. The topological polar surface area (TPSA) is 29.9 Å². The average Bonchev–Trinajstić information content (AvgIpc) is 2.53. The van der Waals surface area contributed by atoms with E-state index in [1.807, 2.05) is 6.92 Å². The second-order valence-electron chi connectivity index (χ2n) is 4.07. The lowest BCUT2D eigenvalue weighted by molar-refractivity contribution is 0.546. The molecule has 19 heavy (non-hydrogen) atoms. The number of hydrogen-bond acceptors (Lipinski definition) is 2. The van der Waals surface area contributed by atoms with Crippen molar-refractivity contribution in [1.29, 1.82) is 0 Å². The molecule has 2 aromatic rings. The SMILES string of the molecule is Cc1nn(C)c(CNc2c(F)cc(F)cc2F)c1Br. The summed E-state index contributed by atoms with van der Waals surface area (Å²) in [5.74, 6) is -2.88. The van der Waals surface area contributed by atoms with Crippen molar-refractivity contribution in [3.63, 3.8) is 0 Å². The van der Waals surface area contributed by atoms with Gasteiger partial charge in [0.25, 0.3) is 0 Å². The molecule has 2 rings (SSSR count). The highest BCUT2D eigenvalue weighted by Gasteiger charge is 2.14. The summed E-state index contributed by atoms with van der Waals surface area (Å²) in [6.07, 6.45) is 0. The second-order valence-corrected chi connectivity index (χ2v) is 4.86. The van der Waals surface area contributed by atoms with E-state index in [0.717, 1.165) is 15.9 Å². The molecule has 0 saturated carbocycles. The quantitative estimate of drug-likeness (QED) is 0.931. The van der Waals surface area contributed by atoms with E-state index in [4.69, 9.17) is 0 Å². The largest absolute Gasteiger partial charge is 0.375 e. The van der Waals surface area contributed by atoms with E-state index in [1.165, 1.54) is 0 Å². The first-order valence-electron chi connectivity index (χ1n) is 5.46. The Balaban J connectivity index is 2.24. The van der Waals surface area contributed by atoms with Crippen LogP contribution in [0.4, 0.5) is 18.9 Å². The van der Waals surface area contributed by atoms with E-state index in [1.54, 1.807) is 11.7 Å². The van der Waals surface area contributed by atoms with Crippen molar-refractivity contribution in [3.8, 4) is 0 Å². The van der Waals surface area contributed by atoms with Gasteiger partial charge in [0.15, 0.2) is 11.6 Å². The molecular weight excluding hydrogens is 323 g/mol. The van der Waals surface area contributed by atoms with Crippen molar-refractivity contribution in [2.24, 2.45) is 7.05 Å². The molecule has 0 aliphatic carbocycles. The van der Waals surface area contributed by atoms with Crippen LogP contribution < -0.4 is 5.32 Å². The molecule has 7 heteroatoms. The normalized spacial score (nSPS) is 10.8. The first-order valence-corrected chi connectivity index (χ1v) is 6.26. The van der Waals surface area contributed by atoms with Gasteiger partial charge in [0, 0.05) is 19.2 Å². The van der Waals surface area contributed by atoms with Gasteiger partial charge in [-0.25, -0.2) is 13.2 Å². The number of anilines is 1. The standard InChI is InChI=1S/C12H11BrF3N3/c1-6-11(13)10(19(2)18-6)5-17-12-8(15)3-7(14)4-9(12)16/h3-4,17H,5H2,1-2H3. The minimum atomic E-state index is -0.965. The van der Waals surface area contributed by atoms with Crippen LogP contribution >= 0.6 is 15.9 Å². The number of nitrogens with zero attached hydrogens (tertiary/aromatic N) is 2. The predicted octanol–water partition coefficient (Wildman–Crippen LogP) is 3.52. The van der Waals surface area contributed by atoms with Gasteiger partial charge in [-0.3, -0.25) is 4.68 Å². The highest BCUT2D eigenvalue weighted by molar-refractivity contribution is 9.10. The van der Waals surface area contributed by atoms with Gasteiger partial charge < -0.3 is 5.32 Å². The Bertz CT molecular complexity index is 602. The molecule has 0 radical (unpaired) electrons. The molecule has 0 spiro atoms. The second kappa shape index (κ2) is 5.24. The zero-order valence-corrected chi connectivity index (χ0v) is 11.9. The molecule has 102 valence electrons. The molecule has 0 fully saturated rings. The van der Waals surface area contributed by atoms with Gasteiger partial charge in [-0.15, -0.1) is 0 Å². The van der Waals surface area contributed by atoms with Gasteiger partial charge in [-0.1, -0.05) is 0 Å². The minimum absolute atomic E-state index is 0.164. The number of rotatable bonds is 3. The first kappa shape index (κ1) is 13.9. The third-order valence-corrected chi connectivity index (χ3v) is 3.73. The van der Waals surface area contributed by atoms with Crippen LogP contribution in [-0.4, -0.2) is 9.78 Å². The summed E-state index contributed by atoms with van der Waals surface area (Å²) in [5.41, 5.74) is 1.16. The Morgan fingerprint density at radius 1 is 1.26 bits per heavy atom. The molecule has 0 amide bonds. The fraction of sp³-hybridized carbons (Fsp3) is 0.250. The summed E-state index contributed by atoms with van der Waals surface area (Å²) in [7, 11) is 1.73. The molecule has 1 aromatic heterocycles. The van der Waals surface area contributed by atoms with Crippen LogP contribution in [0.25, 0.3) is 0 Å². The van der Waals surface area contributed by atoms with Crippen molar-refractivity contribution in [2.75, 3.05) is 5.32 Å². The van der Waals surface area contributed by atoms with Crippen molar-refractivity contribution >= 4 is 21.6 Å². The van der Waals surface area contributed by atoms with Crippen molar-refractivity contribution in [3.05, 3.63) is 45.4 Å². The van der Waals surface area contributed by atoms with Crippen molar-refractivity contribution in [2.45, 2.75) is 13.5 Å². The van der Waals surface area contributed by atoms with E-state index < -0.39 is 17.5 Å². The lowest BCUT2D eigenvalue weighted by Gasteiger charge is -2.09. The number of aryl methyl sites for hydroxylation is 2. The Kier molecular flexibility index (Phi) is 3.84. The summed E-state index contributed by atoms with van der Waals surface area (Å²) >= 11 is 3.35. The van der Waals surface area contributed by atoms with E-state index in [0.29, 0.717) is 12.1 Å². The lowest BCUT2D eigenvalue weighted by Crippen LogP contribution is -2.08. The molecular formula is C12H11BrF3N3. The van der Waals surface area contributed by atoms with Crippen LogP contribution in [0.15, 0.2) is 16.6 Å². The molecule has 0 aliphatic rings. The molecule has 0 saturated heterocycles. The fourth-order valence-electron chi connectivity index (χ4n) is 1.76. The van der Waals surface area contributed by atoms with Crippen molar-refractivity contribution < 1.29 is 13.2 Å². The molecule has 0 unspecified atom stereocenters. The minimum Gasteiger partial charge on any atom is -0.375 e. The highest BCUT2D eigenvalue weighted by Crippen LogP contribution is 2.24. The van der Waals surface area contributed by atoms with E-state index in [2.05, 4.69) is 26.3 Å². The van der Waals surface area contributed by atoms with E-state index in [-0.39, 0.29) is 12.2 Å². The molecule has 3 nitrogen and oxygen atoms in total. The summed E-state index contributed by atoms with van der Waals surface area (Å²) < 4.78 is 42.0. The Labute approximate surface area is 116 Å². The van der Waals surface area contributed by atoms with Crippen molar-refractivity contribution in [1.82, 2.24) is 9.78 Å². The van der Waals surface area contributed by atoms with E-state index in [9.17, 15) is 13.2 Å². The molecule has 1 heterocycles. The fourth-order valence-corrected chi connectivity index (χ4v) is 2.23. The summed E-state index contributed by atoms with van der Waals surface area (Å²) in [6.45, 7) is 1.98. The van der Waals surface area contributed by atoms with Crippen LogP contribution in [0.2, 0.25) is 0 Å². The van der Waals surface area contributed by atoms with Gasteiger partial charge in [-0.2, -0.15) is 5.10 Å². The highest BCUT2D eigenvalue weighted by atomic mass is 79.9. The molecule has 0 atom stereocenters. The number of halogens is 4. The molecule has 0 bridgehead atoms. The number of benzene rings is 1. The predicted molar refractivity (Wildman–Crippen MR) is 69.3 cm³/mol. The number of hydrogen-bond donors (Lipinski definition) is 1. The molecule has 1 aromatic carbocycles. The third-order valence-electron chi connectivity index (χ3n) is 2.70. The Morgan fingerprint density at radius 2 is 1.84 bits per heavy atom. The van der Waals surface area contributed by atoms with Crippen LogP contribution in [0.1, 0.15) is 11.4 Å². The number of nitrogens with one attached hydrogen (secondary N) is 1. The van der Waals surface area contributed by atoms with Gasteiger partial charge >= 0.3 is 0 Å². The maximum Gasteiger partial charge on any atom is 0.152 e. The Hall–Kier alpha value is -1.50. The van der Waals surface area contributed by atoms with Gasteiger partial charge in [0.05, 0.1) is 22.4 Å². The van der Waals surface area contributed by atoms with Crippen LogP contribution in [0.3, 0.4) is 0 Å². The zero-order valence-electron chi connectivity index (χ0n) is 10.3. The lowest BCUT2D eigenvalue weighted by atomic mass is 10.2. The van der Waals surface area contributed by atoms with Crippen LogP contribution in [-0.2, 0) is 13.6 Å². The average molecular weight is 334 g/mol. The summed E-state index contributed by atoms with van der Waals surface area (Å²) in [5, 5.41) is 6.78. The zero-order chi connectivity index (χ0) is 14.2. The van der Waals surface area contributed by atoms with E-state index >= 15 is 0 Å². The summed E-state index contributed by atoms with van der Waals surface area (Å²) in [6, 6.07) is 1.27. The van der Waals surface area contributed by atoms with Gasteiger partial charge in [-0.05, 0) is 22.9 Å². The molecule has 0 aliphatic heterocycles. The first-order chi connectivity index (χ1) is 8.90. The maximum absolute atomic E-state index is 13.4. The van der Waals surface area contributed by atoms with Crippen LogP contribution in [0.5, 0.6) is 0 Å².